The third-order valence-corrected chi connectivity index (χ3v) is 3.83. The molecule has 2 rings (SSSR count). The average Bonchev–Trinajstić information content (AvgIpc) is 2.35. The third-order valence-electron chi connectivity index (χ3n) is 3.43. The van der Waals surface area contributed by atoms with Gasteiger partial charge in [-0.15, -0.1) is 0 Å². The molecule has 1 aliphatic rings. The van der Waals surface area contributed by atoms with Gasteiger partial charge in [0.25, 0.3) is 0 Å². The summed E-state index contributed by atoms with van der Waals surface area (Å²) in [5.41, 5.74) is 1.91. The van der Waals surface area contributed by atoms with Crippen molar-refractivity contribution >= 4 is 23.2 Å². The molecule has 1 amide bonds. The van der Waals surface area contributed by atoms with Crippen LogP contribution in [0.1, 0.15) is 25.3 Å². The minimum atomic E-state index is -0.135. The first-order valence-electron chi connectivity index (χ1n) is 6.41. The minimum Gasteiger partial charge on any atom is -0.311 e. The second-order valence-electron chi connectivity index (χ2n) is 4.76. The molecule has 1 fully saturated rings. The maximum absolute atomic E-state index is 12.4. The van der Waals surface area contributed by atoms with Crippen LogP contribution in [0.2, 0.25) is 5.02 Å². The van der Waals surface area contributed by atoms with E-state index in [1.54, 1.807) is 0 Å². The number of carbonyl (C=O) groups excluding carboxylic acids is 1. The molecule has 1 aromatic carbocycles. The Kier molecular flexibility index (Phi) is 4.25. The lowest BCUT2D eigenvalue weighted by Gasteiger charge is -2.30. The van der Waals surface area contributed by atoms with Gasteiger partial charge in [0.2, 0.25) is 5.91 Å². The molecule has 1 unspecified atom stereocenters. The molecule has 0 radical (unpaired) electrons. The summed E-state index contributed by atoms with van der Waals surface area (Å²) >= 11 is 6.14. The number of nitrogens with zero attached hydrogens (tertiary/aromatic N) is 1. The van der Waals surface area contributed by atoms with Crippen molar-refractivity contribution in [3.8, 4) is 0 Å². The average molecular weight is 267 g/mol. The number of hydrogen-bond acceptors (Lipinski definition) is 2. The van der Waals surface area contributed by atoms with Crippen LogP contribution in [-0.2, 0) is 4.79 Å². The highest BCUT2D eigenvalue weighted by molar-refractivity contribution is 6.31. The highest BCUT2D eigenvalue weighted by atomic mass is 35.5. The molecule has 0 aliphatic carbocycles. The predicted octanol–water partition coefficient (Wildman–Crippen LogP) is 2.75. The van der Waals surface area contributed by atoms with E-state index in [2.05, 4.69) is 5.32 Å². The molecule has 1 N–H and O–H groups in total. The number of amides is 1. The second-order valence-corrected chi connectivity index (χ2v) is 5.16. The van der Waals surface area contributed by atoms with E-state index in [0.717, 1.165) is 37.2 Å². The lowest BCUT2D eigenvalue weighted by molar-refractivity contribution is -0.120. The molecule has 1 atom stereocenters. The fraction of sp³-hybridized carbons (Fsp3) is 0.500. The highest BCUT2D eigenvalue weighted by Gasteiger charge is 2.24. The lowest BCUT2D eigenvalue weighted by Crippen LogP contribution is -2.47. The van der Waals surface area contributed by atoms with Crippen molar-refractivity contribution in [1.29, 1.82) is 0 Å². The Labute approximate surface area is 113 Å². The lowest BCUT2D eigenvalue weighted by atomic mass is 10.1. The SMILES string of the molecule is Cc1c(Cl)cccc1N1CCCCNC(C)C1=O. The fourth-order valence-electron chi connectivity index (χ4n) is 2.27. The Morgan fingerprint density at radius 1 is 1.39 bits per heavy atom. The Morgan fingerprint density at radius 3 is 2.94 bits per heavy atom. The van der Waals surface area contributed by atoms with Crippen LogP contribution in [0.5, 0.6) is 0 Å². The number of rotatable bonds is 1. The van der Waals surface area contributed by atoms with Crippen LogP contribution in [0.25, 0.3) is 0 Å². The smallest absolute Gasteiger partial charge is 0.243 e. The number of benzene rings is 1. The van der Waals surface area contributed by atoms with Crippen molar-refractivity contribution in [2.45, 2.75) is 32.7 Å². The summed E-state index contributed by atoms with van der Waals surface area (Å²) in [6.07, 6.45) is 2.10. The van der Waals surface area contributed by atoms with Gasteiger partial charge in [-0.25, -0.2) is 0 Å². The molecular weight excluding hydrogens is 248 g/mol. The van der Waals surface area contributed by atoms with Crippen LogP contribution in [0.3, 0.4) is 0 Å². The Bertz CT molecular complexity index is 447. The number of carbonyl (C=O) groups is 1. The molecule has 1 saturated heterocycles. The quantitative estimate of drug-likeness (QED) is 0.848. The van der Waals surface area contributed by atoms with Crippen molar-refractivity contribution in [2.75, 3.05) is 18.0 Å². The van der Waals surface area contributed by atoms with E-state index in [-0.39, 0.29) is 11.9 Å². The van der Waals surface area contributed by atoms with Crippen LogP contribution < -0.4 is 10.2 Å². The fourth-order valence-corrected chi connectivity index (χ4v) is 2.44. The molecule has 3 nitrogen and oxygen atoms in total. The molecule has 0 saturated carbocycles. The van der Waals surface area contributed by atoms with Crippen LogP contribution >= 0.6 is 11.6 Å². The molecule has 98 valence electrons. The predicted molar refractivity (Wildman–Crippen MR) is 75.2 cm³/mol. The molecule has 1 heterocycles. The van der Waals surface area contributed by atoms with Gasteiger partial charge < -0.3 is 10.2 Å². The van der Waals surface area contributed by atoms with Gasteiger partial charge in [-0.1, -0.05) is 17.7 Å². The number of hydrogen-bond donors (Lipinski definition) is 1. The van der Waals surface area contributed by atoms with Crippen LogP contribution in [0.15, 0.2) is 18.2 Å². The summed E-state index contributed by atoms with van der Waals surface area (Å²) in [4.78, 5) is 14.2. The minimum absolute atomic E-state index is 0.125. The second kappa shape index (κ2) is 5.72. The highest BCUT2D eigenvalue weighted by Crippen LogP contribution is 2.27. The van der Waals surface area contributed by atoms with E-state index < -0.39 is 0 Å². The van der Waals surface area contributed by atoms with E-state index in [4.69, 9.17) is 11.6 Å². The molecule has 0 bridgehead atoms. The maximum atomic E-state index is 12.4. The van der Waals surface area contributed by atoms with Crippen molar-refractivity contribution in [1.82, 2.24) is 5.32 Å². The topological polar surface area (TPSA) is 32.3 Å². The number of anilines is 1. The van der Waals surface area contributed by atoms with E-state index in [1.165, 1.54) is 0 Å². The van der Waals surface area contributed by atoms with Gasteiger partial charge in [0.1, 0.15) is 0 Å². The van der Waals surface area contributed by atoms with Crippen LogP contribution in [0, 0.1) is 6.92 Å². The zero-order valence-corrected chi connectivity index (χ0v) is 11.6. The summed E-state index contributed by atoms with van der Waals surface area (Å²) in [6.45, 7) is 5.56. The van der Waals surface area contributed by atoms with E-state index in [9.17, 15) is 4.79 Å². The molecular formula is C14H19ClN2O. The zero-order chi connectivity index (χ0) is 13.1. The standard InChI is InChI=1S/C14H19ClN2O/c1-10-12(15)6-5-7-13(10)17-9-4-3-8-16-11(2)14(17)18/h5-7,11,16H,3-4,8-9H2,1-2H3. The number of nitrogens with one attached hydrogen (secondary N) is 1. The maximum Gasteiger partial charge on any atom is 0.243 e. The van der Waals surface area contributed by atoms with E-state index in [1.807, 2.05) is 36.9 Å². The van der Waals surface area contributed by atoms with Crippen molar-refractivity contribution < 1.29 is 4.79 Å². The van der Waals surface area contributed by atoms with Crippen molar-refractivity contribution in [2.24, 2.45) is 0 Å². The van der Waals surface area contributed by atoms with Crippen LogP contribution in [-0.4, -0.2) is 25.0 Å². The van der Waals surface area contributed by atoms with Crippen molar-refractivity contribution in [3.63, 3.8) is 0 Å². The molecule has 0 aromatic heterocycles. The molecule has 1 aliphatic heterocycles. The normalized spacial score (nSPS) is 21.6. The first-order chi connectivity index (χ1) is 8.61. The van der Waals surface area contributed by atoms with Gasteiger partial charge >= 0.3 is 0 Å². The zero-order valence-electron chi connectivity index (χ0n) is 10.9. The third kappa shape index (κ3) is 2.68. The van der Waals surface area contributed by atoms with E-state index in [0.29, 0.717) is 5.02 Å². The summed E-state index contributed by atoms with van der Waals surface area (Å²) in [5, 5.41) is 3.95. The molecule has 0 spiro atoms. The molecule has 4 heteroatoms. The first-order valence-corrected chi connectivity index (χ1v) is 6.79. The van der Waals surface area contributed by atoms with Gasteiger partial charge in [-0.2, -0.15) is 0 Å². The molecule has 18 heavy (non-hydrogen) atoms. The summed E-state index contributed by atoms with van der Waals surface area (Å²) in [7, 11) is 0. The Hall–Kier alpha value is -1.06. The largest absolute Gasteiger partial charge is 0.311 e. The van der Waals surface area contributed by atoms with Gasteiger partial charge in [0.15, 0.2) is 0 Å². The van der Waals surface area contributed by atoms with Gasteiger partial charge in [0.05, 0.1) is 6.04 Å². The molecule has 1 aromatic rings. The van der Waals surface area contributed by atoms with Crippen molar-refractivity contribution in [3.05, 3.63) is 28.8 Å². The Balaban J connectivity index is 2.33. The first kappa shape index (κ1) is 13.4. The summed E-state index contributed by atoms with van der Waals surface area (Å²) in [5.74, 6) is 0.125. The number of halogens is 1. The van der Waals surface area contributed by atoms with Gasteiger partial charge in [0, 0.05) is 17.3 Å². The summed E-state index contributed by atoms with van der Waals surface area (Å²) < 4.78 is 0. The van der Waals surface area contributed by atoms with Gasteiger partial charge in [-0.05, 0) is 50.9 Å². The Morgan fingerprint density at radius 2 is 2.17 bits per heavy atom. The monoisotopic (exact) mass is 266 g/mol. The van der Waals surface area contributed by atoms with Gasteiger partial charge in [-0.3, -0.25) is 4.79 Å². The summed E-state index contributed by atoms with van der Waals surface area (Å²) in [6, 6.07) is 5.59. The van der Waals surface area contributed by atoms with E-state index >= 15 is 0 Å². The van der Waals surface area contributed by atoms with Crippen LogP contribution in [0.4, 0.5) is 5.69 Å².